The van der Waals surface area contributed by atoms with Crippen molar-refractivity contribution < 1.29 is 49.3 Å². The number of carbonyl (C=O) groups is 2. The normalized spacial score (nSPS) is 17.4. The smallest absolute Gasteiger partial charge is 0.305 e. The van der Waals surface area contributed by atoms with E-state index in [0.29, 0.717) is 19.4 Å². The molecule has 100 heavy (non-hydrogen) atoms. The van der Waals surface area contributed by atoms with Gasteiger partial charge in [0.1, 0.15) is 24.4 Å². The Labute approximate surface area is 618 Å². The minimum absolute atomic E-state index is 0.0146. The summed E-state index contributed by atoms with van der Waals surface area (Å²) in [5, 5.41) is 54.6. The molecule has 7 unspecified atom stereocenters. The van der Waals surface area contributed by atoms with E-state index in [1.54, 1.807) is 6.08 Å². The predicted octanol–water partition coefficient (Wildman–Crippen LogP) is 24.4. The lowest BCUT2D eigenvalue weighted by atomic mass is 9.99. The van der Waals surface area contributed by atoms with Gasteiger partial charge in [0.25, 0.3) is 0 Å². The Morgan fingerprint density at radius 3 is 1.05 bits per heavy atom. The lowest BCUT2D eigenvalue weighted by Gasteiger charge is -2.40. The zero-order valence-corrected chi connectivity index (χ0v) is 65.7. The van der Waals surface area contributed by atoms with Gasteiger partial charge in [-0.1, -0.05) is 376 Å². The second kappa shape index (κ2) is 77.5. The molecule has 11 heteroatoms. The molecule has 1 saturated heterocycles. The van der Waals surface area contributed by atoms with Gasteiger partial charge < -0.3 is 45.1 Å². The molecule has 0 spiro atoms. The van der Waals surface area contributed by atoms with E-state index in [1.165, 1.54) is 340 Å². The van der Waals surface area contributed by atoms with Crippen LogP contribution in [-0.2, 0) is 23.8 Å². The lowest BCUT2D eigenvalue weighted by molar-refractivity contribution is -0.302. The molecule has 1 rings (SSSR count). The molecule has 0 aromatic rings. The number of rotatable bonds is 78. The average Bonchev–Trinajstić information content (AvgIpc) is 0.822. The summed E-state index contributed by atoms with van der Waals surface area (Å²) >= 11 is 0. The molecule has 1 heterocycles. The van der Waals surface area contributed by atoms with Gasteiger partial charge in [0.15, 0.2) is 6.29 Å². The second-order valence-electron chi connectivity index (χ2n) is 30.2. The SMILES string of the molecule is CCCCCCCC/C=C\CCCCCCCCCCCC(=O)OCCCCCCCCCCCCCCCCC/C=C\C/C=C\CCCCCCCCCCCCCCCCCCCC(=O)NC(COC1OC(CO)C(O)C(O)C1O)C(O)/C=C/CC/C=C/CCCCCCCCCC. The fraction of sp³-hybridized carbons (Fsp3) is 0.865. The topological polar surface area (TPSA) is 175 Å². The highest BCUT2D eigenvalue weighted by atomic mass is 16.7. The minimum atomic E-state index is -1.58. The second-order valence-corrected chi connectivity index (χ2v) is 30.2. The summed E-state index contributed by atoms with van der Waals surface area (Å²) in [6.45, 7) is 4.37. The molecular formula is C89H165NO10. The summed E-state index contributed by atoms with van der Waals surface area (Å²) in [6, 6.07) is -0.827. The van der Waals surface area contributed by atoms with Gasteiger partial charge in [0, 0.05) is 12.8 Å². The molecule has 11 nitrogen and oxygen atoms in total. The van der Waals surface area contributed by atoms with Gasteiger partial charge in [-0.05, 0) is 103 Å². The van der Waals surface area contributed by atoms with Gasteiger partial charge in [-0.25, -0.2) is 0 Å². The van der Waals surface area contributed by atoms with Crippen LogP contribution in [0.3, 0.4) is 0 Å². The molecular weight excluding hydrogens is 1240 g/mol. The number of esters is 1. The molecule has 0 aliphatic carbocycles. The zero-order valence-electron chi connectivity index (χ0n) is 65.7. The molecule has 0 radical (unpaired) electrons. The number of hydrogen-bond acceptors (Lipinski definition) is 10. The average molecular weight is 1410 g/mol. The summed E-state index contributed by atoms with van der Waals surface area (Å²) in [5.41, 5.74) is 0. The highest BCUT2D eigenvalue weighted by Crippen LogP contribution is 2.24. The molecule has 6 N–H and O–H groups in total. The third-order valence-corrected chi connectivity index (χ3v) is 20.6. The molecule has 586 valence electrons. The summed E-state index contributed by atoms with van der Waals surface area (Å²) < 4.78 is 16.8. The molecule has 0 saturated carbocycles. The highest BCUT2D eigenvalue weighted by Gasteiger charge is 2.44. The van der Waals surface area contributed by atoms with Gasteiger partial charge in [-0.2, -0.15) is 0 Å². The van der Waals surface area contributed by atoms with Gasteiger partial charge in [0.05, 0.1) is 32.0 Å². The van der Waals surface area contributed by atoms with Crippen LogP contribution in [-0.4, -0.2) is 100 Å². The Hall–Kier alpha value is -2.64. The summed E-state index contributed by atoms with van der Waals surface area (Å²) in [4.78, 5) is 25.2. The fourth-order valence-corrected chi connectivity index (χ4v) is 13.8. The van der Waals surface area contributed by atoms with Crippen molar-refractivity contribution in [3.63, 3.8) is 0 Å². The maximum atomic E-state index is 13.1. The van der Waals surface area contributed by atoms with E-state index in [1.807, 2.05) is 6.08 Å². The van der Waals surface area contributed by atoms with Crippen LogP contribution in [0.5, 0.6) is 0 Å². The first-order valence-corrected chi connectivity index (χ1v) is 43.6. The first-order valence-electron chi connectivity index (χ1n) is 43.6. The maximum absolute atomic E-state index is 13.1. The first-order chi connectivity index (χ1) is 49.2. The number of amides is 1. The number of aliphatic hydroxyl groups is 5. The van der Waals surface area contributed by atoms with E-state index in [2.05, 4.69) is 67.8 Å². The monoisotopic (exact) mass is 1410 g/mol. The minimum Gasteiger partial charge on any atom is -0.466 e. The summed E-state index contributed by atoms with van der Waals surface area (Å²) in [5.74, 6) is -0.172. The van der Waals surface area contributed by atoms with Crippen LogP contribution < -0.4 is 5.32 Å². The van der Waals surface area contributed by atoms with Crippen molar-refractivity contribution >= 4 is 11.9 Å². The zero-order chi connectivity index (χ0) is 72.2. The van der Waals surface area contributed by atoms with Crippen molar-refractivity contribution in [3.05, 3.63) is 60.8 Å². The van der Waals surface area contributed by atoms with Gasteiger partial charge in [-0.15, -0.1) is 0 Å². The first kappa shape index (κ1) is 95.4. The summed E-state index contributed by atoms with van der Waals surface area (Å²) in [7, 11) is 0. The van der Waals surface area contributed by atoms with Crippen molar-refractivity contribution in [1.82, 2.24) is 5.32 Å². The molecule has 1 aliphatic heterocycles. The number of allylic oxidation sites excluding steroid dienone is 9. The third-order valence-electron chi connectivity index (χ3n) is 20.6. The standard InChI is InChI=1S/C89H165NO10/c1-3-5-7-9-11-13-15-17-19-20-42-46-49-53-57-61-65-69-73-77-85(94)98-78-74-70-66-62-58-54-50-47-44-41-39-37-35-33-31-29-27-25-23-21-22-24-26-28-30-32-34-36-38-40-43-45-48-52-56-60-64-68-72-76-84(93)90-81(80-99-89-88(97)87(96)86(95)83(79-91)100-89)82(92)75-71-67-63-59-55-51-18-16-14-12-10-8-6-4-2/h17,19,21-22,25,27,55,59,71,75,81-83,86-89,91-92,95-97H,3-16,18,20,23-24,26,28-54,56-58,60-70,72-74,76-80H2,1-2H3,(H,90,93)/b19-17-,22-21-,27-25-,59-55+,75-71+. The number of hydrogen-bond donors (Lipinski definition) is 6. The number of unbranched alkanes of at least 4 members (excludes halogenated alkanes) is 56. The van der Waals surface area contributed by atoms with E-state index < -0.39 is 49.5 Å². The Kier molecular flexibility index (Phi) is 73.9. The Balaban J connectivity index is 1.89. The Morgan fingerprint density at radius 1 is 0.370 bits per heavy atom. The Bertz CT molecular complexity index is 1850. The predicted molar refractivity (Wildman–Crippen MR) is 426 cm³/mol. The van der Waals surface area contributed by atoms with Gasteiger partial charge in [-0.3, -0.25) is 9.59 Å². The summed E-state index contributed by atoms with van der Waals surface area (Å²) in [6.07, 6.45) is 95.6. The van der Waals surface area contributed by atoms with Crippen LogP contribution in [0.25, 0.3) is 0 Å². The number of ether oxygens (including phenoxy) is 3. The largest absolute Gasteiger partial charge is 0.466 e. The van der Waals surface area contributed by atoms with Crippen LogP contribution in [0, 0.1) is 0 Å². The van der Waals surface area contributed by atoms with E-state index >= 15 is 0 Å². The van der Waals surface area contributed by atoms with Crippen molar-refractivity contribution in [2.45, 2.75) is 474 Å². The molecule has 0 aromatic carbocycles. The number of aliphatic hydroxyl groups excluding tert-OH is 5. The molecule has 1 fully saturated rings. The maximum Gasteiger partial charge on any atom is 0.305 e. The van der Waals surface area contributed by atoms with Crippen LogP contribution in [0.4, 0.5) is 0 Å². The number of carbonyl (C=O) groups excluding carboxylic acids is 2. The van der Waals surface area contributed by atoms with Gasteiger partial charge in [0.2, 0.25) is 5.91 Å². The molecule has 0 bridgehead atoms. The van der Waals surface area contributed by atoms with Crippen molar-refractivity contribution in [1.29, 1.82) is 0 Å². The quantitative estimate of drug-likeness (QED) is 0.0195. The van der Waals surface area contributed by atoms with E-state index in [4.69, 9.17) is 14.2 Å². The van der Waals surface area contributed by atoms with Crippen LogP contribution >= 0.6 is 0 Å². The highest BCUT2D eigenvalue weighted by molar-refractivity contribution is 5.76. The van der Waals surface area contributed by atoms with Crippen molar-refractivity contribution in [2.75, 3.05) is 19.8 Å². The molecule has 0 aromatic heterocycles. The van der Waals surface area contributed by atoms with Crippen molar-refractivity contribution in [3.8, 4) is 0 Å². The third kappa shape index (κ3) is 64.9. The fourth-order valence-electron chi connectivity index (χ4n) is 13.8. The number of nitrogens with one attached hydrogen (secondary N) is 1. The van der Waals surface area contributed by atoms with E-state index in [-0.39, 0.29) is 18.5 Å². The molecule has 1 amide bonds. The van der Waals surface area contributed by atoms with Gasteiger partial charge >= 0.3 is 5.97 Å². The van der Waals surface area contributed by atoms with E-state index in [9.17, 15) is 35.1 Å². The van der Waals surface area contributed by atoms with Crippen LogP contribution in [0.1, 0.15) is 431 Å². The molecule has 7 atom stereocenters. The molecule has 1 aliphatic rings. The van der Waals surface area contributed by atoms with Crippen molar-refractivity contribution in [2.24, 2.45) is 0 Å². The lowest BCUT2D eigenvalue weighted by Crippen LogP contribution is -2.60. The van der Waals surface area contributed by atoms with Crippen LogP contribution in [0.2, 0.25) is 0 Å². The van der Waals surface area contributed by atoms with Crippen LogP contribution in [0.15, 0.2) is 60.8 Å². The van der Waals surface area contributed by atoms with E-state index in [0.717, 1.165) is 64.2 Å². The Morgan fingerprint density at radius 2 is 0.680 bits per heavy atom.